The minimum atomic E-state index is 1.18. The minimum absolute atomic E-state index is 1.18. The second-order valence-electron chi connectivity index (χ2n) is 4.61. The van der Waals surface area contributed by atoms with Gasteiger partial charge in [0.2, 0.25) is 0 Å². The van der Waals surface area contributed by atoms with Gasteiger partial charge in [-0.05, 0) is 37.8 Å². The Labute approximate surface area is 95.7 Å². The van der Waals surface area contributed by atoms with Gasteiger partial charge in [0, 0.05) is 31.5 Å². The van der Waals surface area contributed by atoms with E-state index in [2.05, 4.69) is 41.7 Å². The van der Waals surface area contributed by atoms with Gasteiger partial charge in [-0.1, -0.05) is 0 Å². The maximum Gasteiger partial charge on any atom is 0.112 e. The molecular formula is C13H17N3. The zero-order valence-corrected chi connectivity index (χ0v) is 9.90. The molecule has 0 amide bonds. The highest BCUT2D eigenvalue weighted by molar-refractivity contribution is 5.61. The maximum absolute atomic E-state index is 4.69. The molecule has 0 aliphatic heterocycles. The fourth-order valence-corrected chi connectivity index (χ4v) is 2.69. The van der Waals surface area contributed by atoms with Crippen molar-refractivity contribution in [2.45, 2.75) is 25.7 Å². The predicted molar refractivity (Wildman–Crippen MR) is 64.3 cm³/mol. The number of hydrogen-bond acceptors (Lipinski definition) is 1. The van der Waals surface area contributed by atoms with Crippen molar-refractivity contribution in [1.29, 1.82) is 0 Å². The van der Waals surface area contributed by atoms with Crippen molar-refractivity contribution in [3.05, 3.63) is 29.6 Å². The third-order valence-electron chi connectivity index (χ3n) is 3.55. The fraction of sp³-hybridized carbons (Fsp3) is 0.462. The van der Waals surface area contributed by atoms with Gasteiger partial charge in [-0.15, -0.1) is 0 Å². The highest BCUT2D eigenvalue weighted by atomic mass is 15.3. The summed E-state index contributed by atoms with van der Waals surface area (Å²) in [5.74, 6) is 0. The Bertz CT molecular complexity index is 519. The summed E-state index contributed by atoms with van der Waals surface area (Å²) in [4.78, 5) is 0. The van der Waals surface area contributed by atoms with E-state index in [0.29, 0.717) is 0 Å². The van der Waals surface area contributed by atoms with E-state index in [1.807, 2.05) is 0 Å². The van der Waals surface area contributed by atoms with Crippen LogP contribution in [0.5, 0.6) is 0 Å². The van der Waals surface area contributed by atoms with Crippen molar-refractivity contribution in [2.24, 2.45) is 14.1 Å². The van der Waals surface area contributed by atoms with E-state index in [9.17, 15) is 0 Å². The summed E-state index contributed by atoms with van der Waals surface area (Å²) in [6.07, 6.45) is 7.06. The van der Waals surface area contributed by atoms with E-state index in [1.165, 1.54) is 48.3 Å². The number of aromatic nitrogens is 3. The molecule has 0 saturated carbocycles. The van der Waals surface area contributed by atoms with Crippen LogP contribution in [0.3, 0.4) is 0 Å². The molecule has 16 heavy (non-hydrogen) atoms. The summed E-state index contributed by atoms with van der Waals surface area (Å²) in [6.45, 7) is 0. The van der Waals surface area contributed by atoms with Crippen molar-refractivity contribution in [3.63, 3.8) is 0 Å². The van der Waals surface area contributed by atoms with Gasteiger partial charge in [0.05, 0.1) is 5.69 Å². The van der Waals surface area contributed by atoms with Crippen LogP contribution in [0.4, 0.5) is 0 Å². The first-order valence-corrected chi connectivity index (χ1v) is 5.94. The van der Waals surface area contributed by atoms with E-state index in [4.69, 9.17) is 5.10 Å². The Morgan fingerprint density at radius 2 is 2.00 bits per heavy atom. The normalized spacial score (nSPS) is 15.1. The summed E-state index contributed by atoms with van der Waals surface area (Å²) in [5.41, 5.74) is 5.32. The molecular weight excluding hydrogens is 198 g/mol. The van der Waals surface area contributed by atoms with Crippen molar-refractivity contribution in [1.82, 2.24) is 14.3 Å². The third-order valence-corrected chi connectivity index (χ3v) is 3.55. The first-order valence-electron chi connectivity index (χ1n) is 5.94. The van der Waals surface area contributed by atoms with Crippen molar-refractivity contribution < 1.29 is 0 Å². The van der Waals surface area contributed by atoms with Gasteiger partial charge >= 0.3 is 0 Å². The first-order chi connectivity index (χ1) is 7.77. The fourth-order valence-electron chi connectivity index (χ4n) is 2.69. The summed E-state index contributed by atoms with van der Waals surface area (Å²) in [7, 11) is 4.15. The number of aryl methyl sites for hydroxylation is 2. The lowest BCUT2D eigenvalue weighted by atomic mass is 9.95. The zero-order valence-electron chi connectivity index (χ0n) is 9.90. The van der Waals surface area contributed by atoms with Crippen LogP contribution < -0.4 is 0 Å². The van der Waals surface area contributed by atoms with E-state index in [0.717, 1.165) is 0 Å². The minimum Gasteiger partial charge on any atom is -0.349 e. The average molecular weight is 215 g/mol. The molecule has 1 aliphatic carbocycles. The molecule has 0 spiro atoms. The lowest BCUT2D eigenvalue weighted by Gasteiger charge is -2.12. The van der Waals surface area contributed by atoms with E-state index in [-0.39, 0.29) is 0 Å². The van der Waals surface area contributed by atoms with Gasteiger partial charge in [0.1, 0.15) is 5.69 Å². The van der Waals surface area contributed by atoms with Crippen LogP contribution in [-0.2, 0) is 26.9 Å². The molecule has 2 aromatic rings. The maximum atomic E-state index is 4.69. The predicted octanol–water partition coefficient (Wildman–Crippen LogP) is 2.30. The standard InChI is InChI=1S/C13H17N3/c1-15-9-5-8-12(15)13-10-6-3-4-7-11(10)16(2)14-13/h5,8-9H,3-4,6-7H2,1-2H3. The van der Waals surface area contributed by atoms with Gasteiger partial charge in [0.25, 0.3) is 0 Å². The number of hydrogen-bond donors (Lipinski definition) is 0. The lowest BCUT2D eigenvalue weighted by Crippen LogP contribution is -2.05. The third kappa shape index (κ3) is 1.31. The number of nitrogens with zero attached hydrogens (tertiary/aromatic N) is 3. The van der Waals surface area contributed by atoms with E-state index >= 15 is 0 Å². The Morgan fingerprint density at radius 1 is 1.19 bits per heavy atom. The van der Waals surface area contributed by atoms with Gasteiger partial charge in [0.15, 0.2) is 0 Å². The molecule has 0 unspecified atom stereocenters. The lowest BCUT2D eigenvalue weighted by molar-refractivity contribution is 0.626. The number of fused-ring (bicyclic) bond motifs is 1. The summed E-state index contributed by atoms with van der Waals surface area (Å²) in [5, 5.41) is 4.69. The molecule has 84 valence electrons. The van der Waals surface area contributed by atoms with Gasteiger partial charge in [-0.25, -0.2) is 0 Å². The molecule has 2 aromatic heterocycles. The van der Waals surface area contributed by atoms with Gasteiger partial charge in [-0.2, -0.15) is 5.10 Å². The second kappa shape index (κ2) is 3.51. The molecule has 0 radical (unpaired) electrons. The molecule has 0 N–H and O–H groups in total. The average Bonchev–Trinajstić information content (AvgIpc) is 2.84. The summed E-state index contributed by atoms with van der Waals surface area (Å²) < 4.78 is 4.22. The van der Waals surface area contributed by atoms with Gasteiger partial charge < -0.3 is 4.57 Å². The first kappa shape index (κ1) is 9.70. The second-order valence-corrected chi connectivity index (χ2v) is 4.61. The molecule has 0 bridgehead atoms. The van der Waals surface area contributed by atoms with E-state index < -0.39 is 0 Å². The molecule has 3 rings (SSSR count). The largest absolute Gasteiger partial charge is 0.349 e. The van der Waals surface area contributed by atoms with Crippen LogP contribution in [0.25, 0.3) is 11.4 Å². The Morgan fingerprint density at radius 3 is 2.75 bits per heavy atom. The van der Waals surface area contributed by atoms with Crippen LogP contribution in [0.1, 0.15) is 24.1 Å². The molecule has 0 saturated heterocycles. The van der Waals surface area contributed by atoms with Crippen LogP contribution >= 0.6 is 0 Å². The highest BCUT2D eigenvalue weighted by Gasteiger charge is 2.21. The Balaban J connectivity index is 2.18. The summed E-state index contributed by atoms with van der Waals surface area (Å²) >= 11 is 0. The molecule has 2 heterocycles. The van der Waals surface area contributed by atoms with Gasteiger partial charge in [-0.3, -0.25) is 4.68 Å². The van der Waals surface area contributed by atoms with Crippen molar-refractivity contribution in [3.8, 4) is 11.4 Å². The van der Waals surface area contributed by atoms with Crippen molar-refractivity contribution in [2.75, 3.05) is 0 Å². The molecule has 0 fully saturated rings. The molecule has 1 aliphatic rings. The molecule has 3 nitrogen and oxygen atoms in total. The van der Waals surface area contributed by atoms with Crippen LogP contribution in [0.15, 0.2) is 18.3 Å². The Hall–Kier alpha value is -1.51. The quantitative estimate of drug-likeness (QED) is 0.715. The zero-order chi connectivity index (χ0) is 11.1. The highest BCUT2D eigenvalue weighted by Crippen LogP contribution is 2.30. The van der Waals surface area contributed by atoms with Crippen LogP contribution in [0, 0.1) is 0 Å². The number of rotatable bonds is 1. The molecule has 0 atom stereocenters. The van der Waals surface area contributed by atoms with E-state index in [1.54, 1.807) is 0 Å². The van der Waals surface area contributed by atoms with Crippen molar-refractivity contribution >= 4 is 0 Å². The smallest absolute Gasteiger partial charge is 0.112 e. The van der Waals surface area contributed by atoms with Crippen LogP contribution in [-0.4, -0.2) is 14.3 Å². The monoisotopic (exact) mass is 215 g/mol. The topological polar surface area (TPSA) is 22.8 Å². The Kier molecular flexibility index (Phi) is 2.13. The molecule has 0 aromatic carbocycles. The molecule has 3 heteroatoms. The summed E-state index contributed by atoms with van der Waals surface area (Å²) in [6, 6.07) is 4.23. The van der Waals surface area contributed by atoms with Crippen LogP contribution in [0.2, 0.25) is 0 Å². The SMILES string of the molecule is Cn1cccc1-c1nn(C)c2c1CCCC2.